The molecule has 0 bridgehead atoms. The Labute approximate surface area is 75.0 Å². The van der Waals surface area contributed by atoms with Gasteiger partial charge in [0, 0.05) is 19.3 Å². The first-order valence-electron chi connectivity index (χ1n) is 4.46. The molecule has 66 valence electrons. The number of nitrogens with zero attached hydrogens (tertiary/aromatic N) is 1. The van der Waals surface area contributed by atoms with Crippen molar-refractivity contribution >= 4 is 5.69 Å². The third-order valence-electron chi connectivity index (χ3n) is 1.84. The fourth-order valence-corrected chi connectivity index (χ4v) is 1.34. The van der Waals surface area contributed by atoms with E-state index in [1.807, 2.05) is 6.07 Å². The topological polar surface area (TPSA) is 3.24 Å². The van der Waals surface area contributed by atoms with Crippen LogP contribution < -0.4 is 4.90 Å². The van der Waals surface area contributed by atoms with Crippen LogP contribution in [0.4, 0.5) is 5.69 Å². The zero-order valence-corrected chi connectivity index (χ0v) is 8.12. The summed E-state index contributed by atoms with van der Waals surface area (Å²) in [5, 5.41) is 0. The molecule has 1 aromatic carbocycles. The molecule has 0 unspecified atom stereocenters. The van der Waals surface area contributed by atoms with Crippen LogP contribution in [0.25, 0.3) is 0 Å². The summed E-state index contributed by atoms with van der Waals surface area (Å²) in [7, 11) is 2.13. The van der Waals surface area contributed by atoms with Crippen molar-refractivity contribution in [2.45, 2.75) is 13.8 Å². The van der Waals surface area contributed by atoms with Gasteiger partial charge in [-0.3, -0.25) is 0 Å². The van der Waals surface area contributed by atoms with Crippen molar-refractivity contribution in [3.8, 4) is 0 Å². The Bertz CT molecular complexity index is 216. The molecule has 0 atom stereocenters. The second-order valence-electron chi connectivity index (χ2n) is 3.61. The van der Waals surface area contributed by atoms with E-state index >= 15 is 0 Å². The molecule has 0 amide bonds. The average molecular weight is 163 g/mol. The molecule has 0 aliphatic heterocycles. The lowest BCUT2D eigenvalue weighted by molar-refractivity contribution is 0.638. The molecular weight excluding hydrogens is 146 g/mol. The summed E-state index contributed by atoms with van der Waals surface area (Å²) in [4.78, 5) is 2.28. The molecule has 12 heavy (non-hydrogen) atoms. The monoisotopic (exact) mass is 163 g/mol. The van der Waals surface area contributed by atoms with Crippen LogP contribution >= 0.6 is 0 Å². The van der Waals surface area contributed by atoms with E-state index in [9.17, 15) is 0 Å². The van der Waals surface area contributed by atoms with Gasteiger partial charge in [0.1, 0.15) is 0 Å². The van der Waals surface area contributed by atoms with Crippen molar-refractivity contribution in [3.05, 3.63) is 30.3 Å². The quantitative estimate of drug-likeness (QED) is 0.662. The van der Waals surface area contributed by atoms with Crippen molar-refractivity contribution in [3.63, 3.8) is 0 Å². The van der Waals surface area contributed by atoms with Crippen LogP contribution in [-0.4, -0.2) is 13.6 Å². The van der Waals surface area contributed by atoms with Gasteiger partial charge in [0.15, 0.2) is 0 Å². The fraction of sp³-hybridized carbons (Fsp3) is 0.455. The molecule has 0 fully saturated rings. The highest BCUT2D eigenvalue weighted by Crippen LogP contribution is 2.12. The third-order valence-corrected chi connectivity index (χ3v) is 1.84. The highest BCUT2D eigenvalue weighted by Gasteiger charge is 2.00. The Morgan fingerprint density at radius 1 is 1.17 bits per heavy atom. The first-order chi connectivity index (χ1) is 5.70. The van der Waals surface area contributed by atoms with Gasteiger partial charge in [-0.15, -0.1) is 0 Å². The lowest BCUT2D eigenvalue weighted by Crippen LogP contribution is -2.22. The Morgan fingerprint density at radius 3 is 2.25 bits per heavy atom. The predicted octanol–water partition coefficient (Wildman–Crippen LogP) is 2.78. The summed E-state index contributed by atoms with van der Waals surface area (Å²) in [6.07, 6.45) is 0. The molecule has 0 aliphatic rings. The Hall–Kier alpha value is -0.980. The van der Waals surface area contributed by atoms with Crippen molar-refractivity contribution in [2.24, 2.45) is 5.92 Å². The molecule has 1 nitrogen and oxygen atoms in total. The normalized spacial score (nSPS) is 10.3. The minimum Gasteiger partial charge on any atom is -0.374 e. The van der Waals surface area contributed by atoms with E-state index in [2.05, 4.69) is 50.1 Å². The van der Waals surface area contributed by atoms with E-state index < -0.39 is 0 Å². The number of benzene rings is 1. The van der Waals surface area contributed by atoms with Crippen LogP contribution in [-0.2, 0) is 0 Å². The van der Waals surface area contributed by atoms with E-state index in [1.54, 1.807) is 0 Å². The fourth-order valence-electron chi connectivity index (χ4n) is 1.34. The number of hydrogen-bond donors (Lipinski definition) is 0. The molecule has 0 heterocycles. The van der Waals surface area contributed by atoms with Crippen LogP contribution in [0.3, 0.4) is 0 Å². The zero-order valence-electron chi connectivity index (χ0n) is 8.12. The molecule has 1 heteroatoms. The van der Waals surface area contributed by atoms with Crippen molar-refractivity contribution in [2.75, 3.05) is 18.5 Å². The van der Waals surface area contributed by atoms with Gasteiger partial charge in [-0.05, 0) is 18.1 Å². The predicted molar refractivity (Wildman–Crippen MR) is 54.6 cm³/mol. The van der Waals surface area contributed by atoms with Crippen molar-refractivity contribution in [1.29, 1.82) is 0 Å². The number of rotatable bonds is 3. The molecule has 0 saturated carbocycles. The van der Waals surface area contributed by atoms with Crippen LogP contribution in [0, 0.1) is 5.92 Å². The molecule has 0 N–H and O–H groups in total. The maximum Gasteiger partial charge on any atom is 0.0363 e. The molecular formula is C11H17N. The van der Waals surface area contributed by atoms with Gasteiger partial charge in [-0.1, -0.05) is 32.0 Å². The molecule has 0 aromatic heterocycles. The number of hydrogen-bond acceptors (Lipinski definition) is 1. The van der Waals surface area contributed by atoms with E-state index in [-0.39, 0.29) is 0 Å². The van der Waals surface area contributed by atoms with Crippen LogP contribution in [0.5, 0.6) is 0 Å². The van der Waals surface area contributed by atoms with Gasteiger partial charge >= 0.3 is 0 Å². The number of anilines is 1. The highest BCUT2D eigenvalue weighted by molar-refractivity contribution is 5.44. The molecule has 0 spiro atoms. The first-order valence-corrected chi connectivity index (χ1v) is 4.46. The van der Waals surface area contributed by atoms with Crippen LogP contribution in [0.2, 0.25) is 0 Å². The SMILES string of the molecule is CC(C)CN(C)c1ccccc1. The lowest BCUT2D eigenvalue weighted by atomic mass is 10.2. The molecule has 1 rings (SSSR count). The van der Waals surface area contributed by atoms with E-state index in [1.165, 1.54) is 5.69 Å². The second kappa shape index (κ2) is 4.15. The van der Waals surface area contributed by atoms with Gasteiger partial charge in [-0.2, -0.15) is 0 Å². The van der Waals surface area contributed by atoms with Gasteiger partial charge in [0.25, 0.3) is 0 Å². The summed E-state index contributed by atoms with van der Waals surface area (Å²) >= 11 is 0. The van der Waals surface area contributed by atoms with Gasteiger partial charge in [-0.25, -0.2) is 0 Å². The maximum absolute atomic E-state index is 2.28. The van der Waals surface area contributed by atoms with Crippen LogP contribution in [0.1, 0.15) is 13.8 Å². The van der Waals surface area contributed by atoms with Gasteiger partial charge in [0.05, 0.1) is 0 Å². The average Bonchev–Trinajstić information content (AvgIpc) is 2.05. The first kappa shape index (κ1) is 9.11. The molecule has 0 saturated heterocycles. The lowest BCUT2D eigenvalue weighted by Gasteiger charge is -2.21. The third kappa shape index (κ3) is 2.57. The smallest absolute Gasteiger partial charge is 0.0363 e. The minimum absolute atomic E-state index is 0.718. The second-order valence-corrected chi connectivity index (χ2v) is 3.61. The van der Waals surface area contributed by atoms with Gasteiger partial charge in [0.2, 0.25) is 0 Å². The summed E-state index contributed by atoms with van der Waals surface area (Å²) in [5.74, 6) is 0.718. The summed E-state index contributed by atoms with van der Waals surface area (Å²) in [6, 6.07) is 10.5. The van der Waals surface area contributed by atoms with E-state index in [4.69, 9.17) is 0 Å². The summed E-state index contributed by atoms with van der Waals surface area (Å²) < 4.78 is 0. The van der Waals surface area contributed by atoms with Gasteiger partial charge < -0.3 is 4.90 Å². The maximum atomic E-state index is 2.28. The standard InChI is InChI=1S/C11H17N/c1-10(2)9-12(3)11-7-5-4-6-8-11/h4-8,10H,9H2,1-3H3. The highest BCUT2D eigenvalue weighted by atomic mass is 15.1. The Balaban J connectivity index is 2.59. The minimum atomic E-state index is 0.718. The van der Waals surface area contributed by atoms with Crippen molar-refractivity contribution < 1.29 is 0 Å². The Morgan fingerprint density at radius 2 is 1.75 bits per heavy atom. The molecule has 0 radical (unpaired) electrons. The Kier molecular flexibility index (Phi) is 3.15. The number of para-hydroxylation sites is 1. The molecule has 0 aliphatic carbocycles. The largest absolute Gasteiger partial charge is 0.374 e. The molecule has 1 aromatic rings. The summed E-state index contributed by atoms with van der Waals surface area (Å²) in [6.45, 7) is 5.59. The summed E-state index contributed by atoms with van der Waals surface area (Å²) in [5.41, 5.74) is 1.30. The van der Waals surface area contributed by atoms with Crippen LogP contribution in [0.15, 0.2) is 30.3 Å². The zero-order chi connectivity index (χ0) is 8.97. The van der Waals surface area contributed by atoms with E-state index in [0.29, 0.717) is 0 Å². The van der Waals surface area contributed by atoms with Crippen molar-refractivity contribution in [1.82, 2.24) is 0 Å². The van der Waals surface area contributed by atoms with E-state index in [0.717, 1.165) is 12.5 Å².